The van der Waals surface area contributed by atoms with Crippen molar-refractivity contribution in [2.75, 3.05) is 11.9 Å². The fourth-order valence-corrected chi connectivity index (χ4v) is 3.10. The van der Waals surface area contributed by atoms with E-state index in [1.807, 2.05) is 13.0 Å². The molecule has 0 aromatic carbocycles. The Labute approximate surface area is 122 Å². The highest BCUT2D eigenvalue weighted by atomic mass is 79.9. The minimum Gasteiger partial charge on any atom is -0.309 e. The summed E-state index contributed by atoms with van der Waals surface area (Å²) in [5, 5.41) is 6.34. The number of aromatic nitrogens is 1. The minimum atomic E-state index is -0.407. The first-order valence-corrected chi connectivity index (χ1v) is 7.55. The molecule has 1 aromatic heterocycles. The lowest BCUT2D eigenvalue weighted by molar-refractivity contribution is -0.122. The molecule has 0 saturated carbocycles. The van der Waals surface area contributed by atoms with E-state index in [0.29, 0.717) is 5.82 Å². The molecule has 19 heavy (non-hydrogen) atoms. The van der Waals surface area contributed by atoms with Gasteiger partial charge in [-0.3, -0.25) is 4.79 Å². The molecule has 1 saturated heterocycles. The molecule has 1 fully saturated rings. The number of aryl methyl sites for hydroxylation is 1. The molecule has 2 rings (SSSR count). The van der Waals surface area contributed by atoms with E-state index >= 15 is 0 Å². The van der Waals surface area contributed by atoms with Crippen molar-refractivity contribution in [2.24, 2.45) is 0 Å². The van der Waals surface area contributed by atoms with Crippen molar-refractivity contribution >= 4 is 27.7 Å². The zero-order valence-electron chi connectivity index (χ0n) is 11.4. The molecule has 104 valence electrons. The van der Waals surface area contributed by atoms with Gasteiger partial charge in [0.25, 0.3) is 0 Å². The number of rotatable bonds is 4. The van der Waals surface area contributed by atoms with Crippen molar-refractivity contribution in [3.63, 3.8) is 0 Å². The Morgan fingerprint density at radius 3 is 3.00 bits per heavy atom. The Morgan fingerprint density at radius 1 is 1.63 bits per heavy atom. The van der Waals surface area contributed by atoms with E-state index in [2.05, 4.69) is 38.5 Å². The molecule has 4 nitrogen and oxygen atoms in total. The van der Waals surface area contributed by atoms with Crippen LogP contribution >= 0.6 is 15.9 Å². The summed E-state index contributed by atoms with van der Waals surface area (Å²) in [6.07, 6.45) is 5.53. The van der Waals surface area contributed by atoms with Crippen LogP contribution in [0, 0.1) is 6.92 Å². The predicted octanol–water partition coefficient (Wildman–Crippen LogP) is 3.01. The fourth-order valence-electron chi connectivity index (χ4n) is 2.65. The van der Waals surface area contributed by atoms with Crippen LogP contribution in [0.2, 0.25) is 0 Å². The summed E-state index contributed by atoms with van der Waals surface area (Å²) in [4.78, 5) is 16.8. The molecule has 1 unspecified atom stereocenters. The van der Waals surface area contributed by atoms with E-state index in [-0.39, 0.29) is 5.91 Å². The first kappa shape index (κ1) is 14.5. The van der Waals surface area contributed by atoms with Crippen molar-refractivity contribution in [2.45, 2.75) is 45.1 Å². The van der Waals surface area contributed by atoms with Crippen LogP contribution in [0.1, 0.15) is 38.2 Å². The summed E-state index contributed by atoms with van der Waals surface area (Å²) in [7, 11) is 0. The Morgan fingerprint density at radius 2 is 2.42 bits per heavy atom. The van der Waals surface area contributed by atoms with E-state index in [0.717, 1.165) is 42.3 Å². The molecule has 0 spiro atoms. The highest BCUT2D eigenvalue weighted by Gasteiger charge is 2.40. The van der Waals surface area contributed by atoms with Crippen molar-refractivity contribution < 1.29 is 4.79 Å². The molecule has 5 heteroatoms. The van der Waals surface area contributed by atoms with Gasteiger partial charge in [0.15, 0.2) is 0 Å². The normalized spacial score (nSPS) is 22.5. The first-order chi connectivity index (χ1) is 9.07. The van der Waals surface area contributed by atoms with Gasteiger partial charge in [0.05, 0.1) is 5.54 Å². The van der Waals surface area contributed by atoms with E-state index in [4.69, 9.17) is 0 Å². The van der Waals surface area contributed by atoms with E-state index < -0.39 is 5.54 Å². The van der Waals surface area contributed by atoms with Gasteiger partial charge in [-0.15, -0.1) is 0 Å². The molecule has 0 radical (unpaired) electrons. The second kappa shape index (κ2) is 6.01. The third-order valence-corrected chi connectivity index (χ3v) is 4.07. The average molecular weight is 326 g/mol. The Balaban J connectivity index is 2.15. The van der Waals surface area contributed by atoms with Gasteiger partial charge < -0.3 is 10.6 Å². The maximum Gasteiger partial charge on any atom is 0.245 e. The lowest BCUT2D eigenvalue weighted by Gasteiger charge is -2.27. The van der Waals surface area contributed by atoms with Gasteiger partial charge in [-0.05, 0) is 60.3 Å². The van der Waals surface area contributed by atoms with Crippen LogP contribution in [-0.2, 0) is 4.79 Å². The predicted molar refractivity (Wildman–Crippen MR) is 80.2 cm³/mol. The summed E-state index contributed by atoms with van der Waals surface area (Å²) < 4.78 is 0.922. The van der Waals surface area contributed by atoms with Crippen molar-refractivity contribution in [3.8, 4) is 0 Å². The van der Waals surface area contributed by atoms with Crippen LogP contribution in [0.4, 0.5) is 5.82 Å². The van der Waals surface area contributed by atoms with Gasteiger partial charge in [0.1, 0.15) is 5.82 Å². The van der Waals surface area contributed by atoms with Gasteiger partial charge in [-0.2, -0.15) is 0 Å². The molecule has 2 N–H and O–H groups in total. The van der Waals surface area contributed by atoms with Crippen molar-refractivity contribution in [1.29, 1.82) is 0 Å². The highest BCUT2D eigenvalue weighted by Crippen LogP contribution is 2.27. The molecule has 0 aliphatic carbocycles. The number of halogens is 1. The molecular weight excluding hydrogens is 306 g/mol. The van der Waals surface area contributed by atoms with Gasteiger partial charge in [-0.25, -0.2) is 4.98 Å². The summed E-state index contributed by atoms with van der Waals surface area (Å²) in [5.74, 6) is 0.696. The number of carbonyl (C=O) groups is 1. The number of carbonyl (C=O) groups excluding carboxylic acids is 1. The zero-order valence-corrected chi connectivity index (χ0v) is 13.0. The Hall–Kier alpha value is -0.940. The molecule has 1 atom stereocenters. The summed E-state index contributed by atoms with van der Waals surface area (Å²) in [6, 6.07) is 1.96. The second-order valence-corrected chi connectivity index (χ2v) is 6.05. The van der Waals surface area contributed by atoms with Crippen LogP contribution in [-0.4, -0.2) is 23.0 Å². The van der Waals surface area contributed by atoms with Gasteiger partial charge in [0, 0.05) is 10.7 Å². The quantitative estimate of drug-likeness (QED) is 0.894. The Bertz CT molecular complexity index is 470. The Kier molecular flexibility index (Phi) is 4.58. The third-order valence-electron chi connectivity index (χ3n) is 3.63. The van der Waals surface area contributed by atoms with Crippen LogP contribution in [0.25, 0.3) is 0 Å². The minimum absolute atomic E-state index is 0.0461. The largest absolute Gasteiger partial charge is 0.309 e. The lowest BCUT2D eigenvalue weighted by atomic mass is 9.91. The molecule has 1 amide bonds. The van der Waals surface area contributed by atoms with Crippen LogP contribution < -0.4 is 10.6 Å². The maximum atomic E-state index is 12.5. The van der Waals surface area contributed by atoms with E-state index in [1.54, 1.807) is 6.20 Å². The summed E-state index contributed by atoms with van der Waals surface area (Å²) in [6.45, 7) is 4.97. The van der Waals surface area contributed by atoms with Gasteiger partial charge in [-0.1, -0.05) is 13.3 Å². The molecule has 2 heterocycles. The van der Waals surface area contributed by atoms with Crippen LogP contribution in [0.5, 0.6) is 0 Å². The van der Waals surface area contributed by atoms with Crippen molar-refractivity contribution in [1.82, 2.24) is 10.3 Å². The molecule has 1 aliphatic heterocycles. The SMILES string of the molecule is CCCC1(C(=O)Nc2ncc(Br)cc2C)CCCN1. The molecular formula is C14H20BrN3O. The number of nitrogens with zero attached hydrogens (tertiary/aromatic N) is 1. The second-order valence-electron chi connectivity index (χ2n) is 5.14. The highest BCUT2D eigenvalue weighted by molar-refractivity contribution is 9.10. The number of anilines is 1. The van der Waals surface area contributed by atoms with E-state index in [1.165, 1.54) is 0 Å². The first-order valence-electron chi connectivity index (χ1n) is 6.76. The number of nitrogens with one attached hydrogen (secondary N) is 2. The van der Waals surface area contributed by atoms with E-state index in [9.17, 15) is 4.79 Å². The average Bonchev–Trinajstić information content (AvgIpc) is 2.83. The lowest BCUT2D eigenvalue weighted by Crippen LogP contribution is -2.50. The smallest absolute Gasteiger partial charge is 0.245 e. The fraction of sp³-hybridized carbons (Fsp3) is 0.571. The van der Waals surface area contributed by atoms with Gasteiger partial charge >= 0.3 is 0 Å². The molecule has 1 aromatic rings. The topological polar surface area (TPSA) is 54.0 Å². The van der Waals surface area contributed by atoms with Crippen LogP contribution in [0.3, 0.4) is 0 Å². The summed E-state index contributed by atoms with van der Waals surface area (Å²) >= 11 is 3.38. The zero-order chi connectivity index (χ0) is 13.9. The van der Waals surface area contributed by atoms with Crippen LogP contribution in [0.15, 0.2) is 16.7 Å². The number of hydrogen-bond donors (Lipinski definition) is 2. The third kappa shape index (κ3) is 3.15. The molecule has 0 bridgehead atoms. The monoisotopic (exact) mass is 325 g/mol. The van der Waals surface area contributed by atoms with Gasteiger partial charge in [0.2, 0.25) is 5.91 Å². The summed E-state index contributed by atoms with van der Waals surface area (Å²) in [5.41, 5.74) is 0.558. The maximum absolute atomic E-state index is 12.5. The number of pyridine rings is 1. The number of hydrogen-bond acceptors (Lipinski definition) is 3. The molecule has 1 aliphatic rings. The van der Waals surface area contributed by atoms with Crippen molar-refractivity contribution in [3.05, 3.63) is 22.3 Å². The standard InChI is InChI=1S/C14H20BrN3O/c1-3-5-14(6-4-7-17-14)13(19)18-12-10(2)8-11(15)9-16-12/h8-9,17H,3-7H2,1-2H3,(H,16,18,19). The number of amides is 1.